The van der Waals surface area contributed by atoms with E-state index in [1.54, 1.807) is 36.4 Å². The van der Waals surface area contributed by atoms with Gasteiger partial charge in [-0.3, -0.25) is 14.4 Å². The Balaban J connectivity index is 1.63. The van der Waals surface area contributed by atoms with Gasteiger partial charge in [0.25, 0.3) is 11.8 Å². The van der Waals surface area contributed by atoms with E-state index in [0.29, 0.717) is 11.3 Å². The van der Waals surface area contributed by atoms with Crippen molar-refractivity contribution >= 4 is 17.7 Å². The van der Waals surface area contributed by atoms with Gasteiger partial charge in [0, 0.05) is 18.7 Å². The number of alkyl halides is 3. The summed E-state index contributed by atoms with van der Waals surface area (Å²) >= 11 is 0. The van der Waals surface area contributed by atoms with Gasteiger partial charge in [-0.15, -0.1) is 0 Å². The minimum absolute atomic E-state index is 0.0874. The van der Waals surface area contributed by atoms with E-state index in [0.717, 1.165) is 18.2 Å². The molecule has 1 saturated heterocycles. The zero-order valence-electron chi connectivity index (χ0n) is 18.1. The van der Waals surface area contributed by atoms with Crippen molar-refractivity contribution in [1.82, 2.24) is 15.2 Å². The van der Waals surface area contributed by atoms with Gasteiger partial charge in [0.15, 0.2) is 0 Å². The second-order valence-electron chi connectivity index (χ2n) is 7.68. The van der Waals surface area contributed by atoms with E-state index in [9.17, 15) is 27.6 Å². The molecule has 2 aromatic carbocycles. The summed E-state index contributed by atoms with van der Waals surface area (Å²) in [5.74, 6) is -1.65. The molecule has 3 aromatic rings. The molecular weight excluding hydrogens is 465 g/mol. The van der Waals surface area contributed by atoms with Gasteiger partial charge < -0.3 is 20.7 Å². The first-order chi connectivity index (χ1) is 16.6. The largest absolute Gasteiger partial charge is 0.457 e. The van der Waals surface area contributed by atoms with Gasteiger partial charge in [-0.25, -0.2) is 4.98 Å². The second-order valence-corrected chi connectivity index (χ2v) is 7.68. The summed E-state index contributed by atoms with van der Waals surface area (Å²) < 4.78 is 45.7. The molecule has 0 spiro atoms. The van der Waals surface area contributed by atoms with Crippen LogP contribution in [0.2, 0.25) is 0 Å². The highest BCUT2D eigenvalue weighted by atomic mass is 19.4. The zero-order valence-corrected chi connectivity index (χ0v) is 18.1. The van der Waals surface area contributed by atoms with Crippen LogP contribution < -0.4 is 15.8 Å². The molecule has 1 aliphatic heterocycles. The Hall–Kier alpha value is -4.41. The number of primary amides is 1. The fourth-order valence-corrected chi connectivity index (χ4v) is 3.50. The molecule has 0 unspecified atom stereocenters. The van der Waals surface area contributed by atoms with Crippen molar-refractivity contribution in [3.05, 3.63) is 77.5 Å². The number of aromatic nitrogens is 1. The molecule has 0 radical (unpaired) electrons. The molecule has 8 nitrogen and oxygen atoms in total. The smallest absolute Gasteiger partial charge is 0.416 e. The average Bonchev–Trinajstić information content (AvgIpc) is 2.83. The van der Waals surface area contributed by atoms with E-state index in [1.807, 2.05) is 0 Å². The maximum Gasteiger partial charge on any atom is 0.416 e. The Morgan fingerprint density at radius 3 is 2.46 bits per heavy atom. The van der Waals surface area contributed by atoms with E-state index < -0.39 is 29.5 Å². The van der Waals surface area contributed by atoms with Crippen LogP contribution in [0.4, 0.5) is 13.2 Å². The number of rotatable bonds is 5. The quantitative estimate of drug-likeness (QED) is 0.577. The van der Waals surface area contributed by atoms with Gasteiger partial charge in [-0.1, -0.05) is 6.07 Å². The SMILES string of the molecule is NC(=O)c1cccc(-c2ccc(Oc3ccc(C(F)(F)F)cc3C(=O)N3CCNC(=O)C3)cc2)n1. The van der Waals surface area contributed by atoms with Crippen LogP contribution in [0.3, 0.4) is 0 Å². The van der Waals surface area contributed by atoms with Gasteiger partial charge in [-0.05, 0) is 54.6 Å². The highest BCUT2D eigenvalue weighted by molar-refractivity contribution is 5.99. The molecule has 4 rings (SSSR count). The van der Waals surface area contributed by atoms with Crippen LogP contribution in [0.1, 0.15) is 26.4 Å². The normalized spacial score (nSPS) is 13.8. The number of nitrogens with one attached hydrogen (secondary N) is 1. The van der Waals surface area contributed by atoms with Gasteiger partial charge in [-0.2, -0.15) is 13.2 Å². The predicted octanol–water partition coefficient (Wildman–Crippen LogP) is 3.23. The first-order valence-corrected chi connectivity index (χ1v) is 10.4. The lowest BCUT2D eigenvalue weighted by molar-refractivity contribution is -0.137. The van der Waals surface area contributed by atoms with Crippen molar-refractivity contribution in [3.63, 3.8) is 0 Å². The van der Waals surface area contributed by atoms with Gasteiger partial charge >= 0.3 is 6.18 Å². The molecule has 1 aliphatic rings. The Labute approximate surface area is 197 Å². The van der Waals surface area contributed by atoms with Crippen molar-refractivity contribution in [2.75, 3.05) is 19.6 Å². The van der Waals surface area contributed by atoms with Crippen molar-refractivity contribution < 1.29 is 32.3 Å². The molecule has 0 bridgehead atoms. The molecule has 3 N–H and O–H groups in total. The average molecular weight is 484 g/mol. The Kier molecular flexibility index (Phi) is 6.41. The van der Waals surface area contributed by atoms with Gasteiger partial charge in [0.05, 0.1) is 23.4 Å². The van der Waals surface area contributed by atoms with Crippen molar-refractivity contribution in [1.29, 1.82) is 0 Å². The summed E-state index contributed by atoms with van der Waals surface area (Å²) in [7, 11) is 0. The van der Waals surface area contributed by atoms with Crippen molar-refractivity contribution in [3.8, 4) is 22.8 Å². The number of amides is 3. The standard InChI is InChI=1S/C24H19F3N4O4/c25-24(26,27)15-6-9-20(17(12-15)23(34)31-11-10-29-21(32)13-31)35-16-7-4-14(5-8-16)18-2-1-3-19(30-18)22(28)33/h1-9,12H,10-11,13H2,(H2,28,33)(H,29,32). The number of pyridine rings is 1. The van der Waals surface area contributed by atoms with E-state index >= 15 is 0 Å². The molecule has 0 aliphatic carbocycles. The third kappa shape index (κ3) is 5.40. The molecular formula is C24H19F3N4O4. The molecule has 1 aromatic heterocycles. The summed E-state index contributed by atoms with van der Waals surface area (Å²) in [5, 5.41) is 2.56. The zero-order chi connectivity index (χ0) is 25.2. The van der Waals surface area contributed by atoms with Crippen LogP contribution in [0.5, 0.6) is 11.5 Å². The Bertz CT molecular complexity index is 1290. The highest BCUT2D eigenvalue weighted by Gasteiger charge is 2.33. The summed E-state index contributed by atoms with van der Waals surface area (Å²) in [6.07, 6.45) is -4.67. The number of carbonyl (C=O) groups excluding carboxylic acids is 3. The number of halogens is 3. The molecule has 2 heterocycles. The minimum atomic E-state index is -4.67. The Morgan fingerprint density at radius 1 is 1.06 bits per heavy atom. The highest BCUT2D eigenvalue weighted by Crippen LogP contribution is 2.35. The van der Waals surface area contributed by atoms with Crippen LogP contribution in [-0.4, -0.2) is 47.2 Å². The van der Waals surface area contributed by atoms with E-state index in [1.165, 1.54) is 11.0 Å². The van der Waals surface area contributed by atoms with Crippen LogP contribution in [0.25, 0.3) is 11.3 Å². The Morgan fingerprint density at radius 2 is 1.80 bits per heavy atom. The van der Waals surface area contributed by atoms with Crippen LogP contribution in [0, 0.1) is 0 Å². The number of ether oxygens (including phenoxy) is 1. The number of nitrogens with two attached hydrogens (primary N) is 1. The summed E-state index contributed by atoms with van der Waals surface area (Å²) in [6, 6.07) is 13.8. The van der Waals surface area contributed by atoms with Crippen molar-refractivity contribution in [2.24, 2.45) is 5.73 Å². The number of hydrogen-bond acceptors (Lipinski definition) is 5. The fourth-order valence-electron chi connectivity index (χ4n) is 3.50. The maximum atomic E-state index is 13.3. The molecule has 35 heavy (non-hydrogen) atoms. The minimum Gasteiger partial charge on any atom is -0.457 e. The van der Waals surface area contributed by atoms with Crippen LogP contribution in [0.15, 0.2) is 60.7 Å². The third-order valence-corrected chi connectivity index (χ3v) is 5.24. The first kappa shape index (κ1) is 23.7. The summed E-state index contributed by atoms with van der Waals surface area (Å²) in [6.45, 7) is 0.0963. The van der Waals surface area contributed by atoms with Crippen LogP contribution >= 0.6 is 0 Å². The predicted molar refractivity (Wildman–Crippen MR) is 119 cm³/mol. The molecule has 0 atom stereocenters. The third-order valence-electron chi connectivity index (χ3n) is 5.24. The van der Waals surface area contributed by atoms with Crippen LogP contribution in [-0.2, 0) is 11.0 Å². The van der Waals surface area contributed by atoms with E-state index in [-0.39, 0.29) is 42.4 Å². The topological polar surface area (TPSA) is 115 Å². The number of carbonyl (C=O) groups is 3. The monoisotopic (exact) mass is 484 g/mol. The lowest BCUT2D eigenvalue weighted by Crippen LogP contribution is -2.50. The molecule has 180 valence electrons. The van der Waals surface area contributed by atoms with E-state index in [4.69, 9.17) is 10.5 Å². The molecule has 11 heteroatoms. The molecule has 3 amide bonds. The molecule has 1 fully saturated rings. The second kappa shape index (κ2) is 9.45. The van der Waals surface area contributed by atoms with E-state index in [2.05, 4.69) is 10.3 Å². The lowest BCUT2D eigenvalue weighted by Gasteiger charge is -2.27. The number of nitrogens with zero attached hydrogens (tertiary/aromatic N) is 2. The van der Waals surface area contributed by atoms with Crippen molar-refractivity contribution in [2.45, 2.75) is 6.18 Å². The number of benzene rings is 2. The first-order valence-electron chi connectivity index (χ1n) is 10.4. The number of piperazine rings is 1. The van der Waals surface area contributed by atoms with Gasteiger partial charge in [0.2, 0.25) is 5.91 Å². The summed E-state index contributed by atoms with van der Waals surface area (Å²) in [4.78, 5) is 41.4. The van der Waals surface area contributed by atoms with Gasteiger partial charge in [0.1, 0.15) is 17.2 Å². The molecule has 0 saturated carbocycles. The fraction of sp³-hybridized carbons (Fsp3) is 0.167. The lowest BCUT2D eigenvalue weighted by atomic mass is 10.1. The summed E-state index contributed by atoms with van der Waals surface area (Å²) in [5.41, 5.74) is 5.17. The maximum absolute atomic E-state index is 13.3. The number of hydrogen-bond donors (Lipinski definition) is 2.